The zero-order valence-corrected chi connectivity index (χ0v) is 19.0. The number of unbranched alkanes of at least 4 members (excludes halogenated alkanes) is 1. The molecule has 1 saturated carbocycles. The summed E-state index contributed by atoms with van der Waals surface area (Å²) in [5, 5.41) is 8.65. The number of hydrogen-bond acceptors (Lipinski definition) is 6. The van der Waals surface area contributed by atoms with Gasteiger partial charge >= 0.3 is 0 Å². The highest BCUT2D eigenvalue weighted by molar-refractivity contribution is 7.09. The van der Waals surface area contributed by atoms with Crippen LogP contribution >= 0.6 is 11.3 Å². The lowest BCUT2D eigenvalue weighted by atomic mass is 9.90. The number of nitrogens with one attached hydrogen (secondary N) is 2. The Kier molecular flexibility index (Phi) is 8.70. The van der Waals surface area contributed by atoms with Crippen LogP contribution in [0, 0.1) is 0 Å². The van der Waals surface area contributed by atoms with Gasteiger partial charge in [-0.2, -0.15) is 0 Å². The van der Waals surface area contributed by atoms with Crippen LogP contribution in [-0.4, -0.2) is 36.0 Å². The van der Waals surface area contributed by atoms with E-state index in [1.165, 1.54) is 11.3 Å². The first-order chi connectivity index (χ1) is 15.1. The number of carbonyl (C=O) groups excluding carboxylic acids is 2. The van der Waals surface area contributed by atoms with Crippen LogP contribution in [0.4, 0.5) is 0 Å². The maximum Gasteiger partial charge on any atom is 0.271 e. The number of amides is 2. The van der Waals surface area contributed by atoms with Gasteiger partial charge in [-0.15, -0.1) is 11.3 Å². The molecule has 2 amide bonds. The number of nitrogens with zero attached hydrogens (tertiary/aromatic N) is 1. The SMILES string of the molecule is CCCCC(=O)N[C@H]1CCCC[C@H]1NC(=O)c1csc(COc2ccccc2OC)n1. The predicted molar refractivity (Wildman–Crippen MR) is 121 cm³/mol. The quantitative estimate of drug-likeness (QED) is 0.575. The summed E-state index contributed by atoms with van der Waals surface area (Å²) in [5.74, 6) is 1.15. The molecule has 0 aliphatic heterocycles. The van der Waals surface area contributed by atoms with Crippen molar-refractivity contribution in [3.8, 4) is 11.5 Å². The largest absolute Gasteiger partial charge is 0.493 e. The van der Waals surface area contributed by atoms with Gasteiger partial charge in [0.2, 0.25) is 5.91 Å². The Labute approximate surface area is 187 Å². The molecule has 2 N–H and O–H groups in total. The van der Waals surface area contributed by atoms with Crippen LogP contribution in [0.3, 0.4) is 0 Å². The van der Waals surface area contributed by atoms with Crippen molar-refractivity contribution in [1.82, 2.24) is 15.6 Å². The zero-order valence-electron chi connectivity index (χ0n) is 18.2. The van der Waals surface area contributed by atoms with Gasteiger partial charge in [0, 0.05) is 23.9 Å². The van der Waals surface area contributed by atoms with Crippen molar-refractivity contribution in [1.29, 1.82) is 0 Å². The Morgan fingerprint density at radius 3 is 2.55 bits per heavy atom. The van der Waals surface area contributed by atoms with E-state index in [4.69, 9.17) is 9.47 Å². The number of carbonyl (C=O) groups is 2. The fourth-order valence-electron chi connectivity index (χ4n) is 3.69. The number of rotatable bonds is 10. The van der Waals surface area contributed by atoms with Crippen molar-refractivity contribution < 1.29 is 19.1 Å². The molecule has 0 saturated heterocycles. The standard InChI is InChI=1S/C23H31N3O4S/c1-3-4-13-21(27)24-16-9-5-6-10-17(16)26-23(28)18-15-31-22(25-18)14-30-20-12-8-7-11-19(20)29-2/h7-8,11-12,15-17H,3-6,9-10,13-14H2,1-2H3,(H,24,27)(H,26,28)/t16-,17+/m0/s1. The lowest BCUT2D eigenvalue weighted by Gasteiger charge is -2.32. The first kappa shape index (κ1) is 23.1. The van der Waals surface area contributed by atoms with Gasteiger partial charge in [0.25, 0.3) is 5.91 Å². The van der Waals surface area contributed by atoms with Crippen LogP contribution in [0.1, 0.15) is 67.4 Å². The number of hydrogen-bond donors (Lipinski definition) is 2. The van der Waals surface area contributed by atoms with Crippen LogP contribution in [0.15, 0.2) is 29.6 Å². The van der Waals surface area contributed by atoms with E-state index >= 15 is 0 Å². The van der Waals surface area contributed by atoms with E-state index in [9.17, 15) is 9.59 Å². The minimum atomic E-state index is -0.209. The van der Waals surface area contributed by atoms with Crippen molar-refractivity contribution in [3.63, 3.8) is 0 Å². The van der Waals surface area contributed by atoms with Crippen molar-refractivity contribution in [2.24, 2.45) is 0 Å². The summed E-state index contributed by atoms with van der Waals surface area (Å²) in [5.41, 5.74) is 0.380. The Hall–Kier alpha value is -2.61. The molecule has 168 valence electrons. The van der Waals surface area contributed by atoms with E-state index in [1.54, 1.807) is 12.5 Å². The molecule has 7 nitrogen and oxygen atoms in total. The predicted octanol–water partition coefficient (Wildman–Crippen LogP) is 4.08. The molecular weight excluding hydrogens is 414 g/mol. The molecule has 1 aromatic heterocycles. The molecule has 2 atom stereocenters. The smallest absolute Gasteiger partial charge is 0.271 e. The first-order valence-electron chi connectivity index (χ1n) is 10.9. The number of methoxy groups -OCH3 is 1. The molecule has 1 aliphatic rings. The lowest BCUT2D eigenvalue weighted by molar-refractivity contribution is -0.122. The summed E-state index contributed by atoms with van der Waals surface area (Å²) >= 11 is 1.39. The highest BCUT2D eigenvalue weighted by Crippen LogP contribution is 2.27. The van der Waals surface area contributed by atoms with Crippen molar-refractivity contribution >= 4 is 23.2 Å². The van der Waals surface area contributed by atoms with Crippen molar-refractivity contribution in [2.75, 3.05) is 7.11 Å². The molecule has 31 heavy (non-hydrogen) atoms. The van der Waals surface area contributed by atoms with Crippen molar-refractivity contribution in [3.05, 3.63) is 40.3 Å². The van der Waals surface area contributed by atoms with E-state index in [0.717, 1.165) is 38.5 Å². The average Bonchev–Trinajstić information content (AvgIpc) is 3.27. The number of para-hydroxylation sites is 2. The van der Waals surface area contributed by atoms with E-state index in [2.05, 4.69) is 22.5 Å². The third-order valence-corrected chi connectivity index (χ3v) is 6.21. The first-order valence-corrected chi connectivity index (χ1v) is 11.8. The minimum absolute atomic E-state index is 0.0194. The second kappa shape index (κ2) is 11.7. The number of thiazole rings is 1. The zero-order chi connectivity index (χ0) is 22.1. The fourth-order valence-corrected chi connectivity index (χ4v) is 4.38. The van der Waals surface area contributed by atoms with Gasteiger partial charge in [0.1, 0.15) is 17.3 Å². The molecule has 1 heterocycles. The van der Waals surface area contributed by atoms with E-state index in [-0.39, 0.29) is 30.5 Å². The molecule has 0 radical (unpaired) electrons. The maximum absolute atomic E-state index is 12.8. The molecule has 1 fully saturated rings. The van der Waals surface area contributed by atoms with Crippen LogP contribution in [-0.2, 0) is 11.4 Å². The topological polar surface area (TPSA) is 89.6 Å². The Morgan fingerprint density at radius 1 is 1.13 bits per heavy atom. The van der Waals surface area contributed by atoms with E-state index < -0.39 is 0 Å². The molecule has 0 bridgehead atoms. The van der Waals surface area contributed by atoms with Gasteiger partial charge in [-0.05, 0) is 31.4 Å². The van der Waals surface area contributed by atoms with Gasteiger partial charge in [-0.25, -0.2) is 4.98 Å². The summed E-state index contributed by atoms with van der Waals surface area (Å²) < 4.78 is 11.1. The highest BCUT2D eigenvalue weighted by Gasteiger charge is 2.28. The van der Waals surface area contributed by atoms with Gasteiger partial charge in [0.15, 0.2) is 11.5 Å². The van der Waals surface area contributed by atoms with Gasteiger partial charge in [0.05, 0.1) is 7.11 Å². The monoisotopic (exact) mass is 445 g/mol. The molecule has 0 unspecified atom stereocenters. The Bertz CT molecular complexity index is 870. The van der Waals surface area contributed by atoms with Crippen LogP contribution in [0.25, 0.3) is 0 Å². The summed E-state index contributed by atoms with van der Waals surface area (Å²) in [6.07, 6.45) is 6.26. The molecule has 0 spiro atoms. The number of benzene rings is 1. The van der Waals surface area contributed by atoms with Crippen LogP contribution < -0.4 is 20.1 Å². The van der Waals surface area contributed by atoms with Crippen LogP contribution in [0.2, 0.25) is 0 Å². The summed E-state index contributed by atoms with van der Waals surface area (Å²) in [6.45, 7) is 2.33. The van der Waals surface area contributed by atoms with Crippen molar-refractivity contribution in [2.45, 2.75) is 70.6 Å². The molecular formula is C23H31N3O4S. The molecule has 3 rings (SSSR count). The molecule has 2 aromatic rings. The minimum Gasteiger partial charge on any atom is -0.493 e. The number of ether oxygens (including phenoxy) is 2. The second-order valence-corrected chi connectivity index (χ2v) is 8.65. The molecule has 1 aliphatic carbocycles. The second-order valence-electron chi connectivity index (χ2n) is 7.71. The Balaban J connectivity index is 1.55. The fraction of sp³-hybridized carbons (Fsp3) is 0.522. The Morgan fingerprint density at radius 2 is 1.84 bits per heavy atom. The maximum atomic E-state index is 12.8. The summed E-state index contributed by atoms with van der Waals surface area (Å²) in [4.78, 5) is 29.3. The van der Waals surface area contributed by atoms with Gasteiger partial charge in [-0.3, -0.25) is 9.59 Å². The summed E-state index contributed by atoms with van der Waals surface area (Å²) in [7, 11) is 1.60. The number of aromatic nitrogens is 1. The highest BCUT2D eigenvalue weighted by atomic mass is 32.1. The van der Waals surface area contributed by atoms with E-state index in [0.29, 0.717) is 28.6 Å². The van der Waals surface area contributed by atoms with E-state index in [1.807, 2.05) is 24.3 Å². The van der Waals surface area contributed by atoms with Crippen LogP contribution in [0.5, 0.6) is 11.5 Å². The lowest BCUT2D eigenvalue weighted by Crippen LogP contribution is -2.53. The average molecular weight is 446 g/mol. The molecule has 8 heteroatoms. The molecule has 1 aromatic carbocycles. The van der Waals surface area contributed by atoms with Gasteiger partial charge in [-0.1, -0.05) is 38.3 Å². The normalized spacial score (nSPS) is 18.3. The third-order valence-electron chi connectivity index (χ3n) is 5.39. The third kappa shape index (κ3) is 6.69. The summed E-state index contributed by atoms with van der Waals surface area (Å²) in [6, 6.07) is 7.33. The van der Waals surface area contributed by atoms with Gasteiger partial charge < -0.3 is 20.1 Å².